The lowest BCUT2D eigenvalue weighted by molar-refractivity contribution is -0.137. The Balaban J connectivity index is 2.63. The van der Waals surface area contributed by atoms with Crippen LogP contribution in [0.4, 0.5) is 17.6 Å². The SMILES string of the molecule is CNCc1cc(F)ccc1-c1ccccc1C(F)(F)F. The van der Waals surface area contributed by atoms with E-state index in [4.69, 9.17) is 0 Å². The third-order valence-electron chi connectivity index (χ3n) is 2.96. The van der Waals surface area contributed by atoms with Crippen molar-refractivity contribution in [3.63, 3.8) is 0 Å². The van der Waals surface area contributed by atoms with Gasteiger partial charge in [0.2, 0.25) is 0 Å². The van der Waals surface area contributed by atoms with Gasteiger partial charge in [0.25, 0.3) is 0 Å². The van der Waals surface area contributed by atoms with Crippen molar-refractivity contribution in [3.05, 3.63) is 59.4 Å². The zero-order valence-corrected chi connectivity index (χ0v) is 10.8. The maximum absolute atomic E-state index is 13.3. The Kier molecular flexibility index (Phi) is 4.09. The van der Waals surface area contributed by atoms with E-state index in [9.17, 15) is 17.6 Å². The number of hydrogen-bond acceptors (Lipinski definition) is 1. The molecule has 20 heavy (non-hydrogen) atoms. The van der Waals surface area contributed by atoms with E-state index in [1.807, 2.05) is 0 Å². The molecule has 0 amide bonds. The molecule has 2 rings (SSSR count). The van der Waals surface area contributed by atoms with Crippen molar-refractivity contribution in [2.45, 2.75) is 12.7 Å². The molecular formula is C15H13F4N. The molecule has 2 aromatic rings. The van der Waals surface area contributed by atoms with E-state index in [2.05, 4.69) is 5.32 Å². The van der Waals surface area contributed by atoms with E-state index < -0.39 is 17.6 Å². The fourth-order valence-electron chi connectivity index (χ4n) is 2.13. The number of halogens is 4. The van der Waals surface area contributed by atoms with Crippen LogP contribution in [0.3, 0.4) is 0 Å². The minimum absolute atomic E-state index is 0.0604. The number of alkyl halides is 3. The van der Waals surface area contributed by atoms with E-state index in [1.54, 1.807) is 7.05 Å². The second-order valence-corrected chi connectivity index (χ2v) is 4.38. The van der Waals surface area contributed by atoms with Gasteiger partial charge in [-0.15, -0.1) is 0 Å². The number of rotatable bonds is 3. The molecule has 0 unspecified atom stereocenters. The van der Waals surface area contributed by atoms with Crippen LogP contribution in [0.25, 0.3) is 11.1 Å². The first-order valence-electron chi connectivity index (χ1n) is 6.03. The van der Waals surface area contributed by atoms with Crippen LogP contribution < -0.4 is 5.32 Å². The summed E-state index contributed by atoms with van der Waals surface area (Å²) in [5, 5.41) is 2.83. The van der Waals surface area contributed by atoms with Crippen LogP contribution in [0.15, 0.2) is 42.5 Å². The maximum atomic E-state index is 13.3. The molecule has 0 heterocycles. The molecule has 5 heteroatoms. The van der Waals surface area contributed by atoms with Gasteiger partial charge in [0.05, 0.1) is 5.56 Å². The normalized spacial score (nSPS) is 11.7. The molecule has 0 aromatic heterocycles. The highest BCUT2D eigenvalue weighted by molar-refractivity contribution is 5.71. The van der Waals surface area contributed by atoms with Crippen LogP contribution in [0.5, 0.6) is 0 Å². The highest BCUT2D eigenvalue weighted by Gasteiger charge is 2.33. The zero-order chi connectivity index (χ0) is 14.8. The van der Waals surface area contributed by atoms with Gasteiger partial charge in [0.15, 0.2) is 0 Å². The molecule has 0 saturated heterocycles. The van der Waals surface area contributed by atoms with Gasteiger partial charge in [0.1, 0.15) is 5.82 Å². The molecule has 0 bridgehead atoms. The van der Waals surface area contributed by atoms with Gasteiger partial charge in [0, 0.05) is 6.54 Å². The minimum atomic E-state index is -4.44. The topological polar surface area (TPSA) is 12.0 Å². The molecule has 0 fully saturated rings. The second kappa shape index (κ2) is 5.63. The van der Waals surface area contributed by atoms with E-state index in [-0.39, 0.29) is 5.56 Å². The molecule has 0 radical (unpaired) electrons. The summed E-state index contributed by atoms with van der Waals surface area (Å²) in [6.45, 7) is 0.291. The van der Waals surface area contributed by atoms with Gasteiger partial charge in [-0.25, -0.2) is 4.39 Å². The lowest BCUT2D eigenvalue weighted by Gasteiger charge is -2.15. The number of hydrogen-bond donors (Lipinski definition) is 1. The Morgan fingerprint density at radius 3 is 2.35 bits per heavy atom. The van der Waals surface area contributed by atoms with Gasteiger partial charge in [-0.05, 0) is 41.9 Å². The predicted molar refractivity (Wildman–Crippen MR) is 69.6 cm³/mol. The van der Waals surface area contributed by atoms with E-state index in [0.29, 0.717) is 17.7 Å². The fraction of sp³-hybridized carbons (Fsp3) is 0.200. The Morgan fingerprint density at radius 1 is 1.00 bits per heavy atom. The van der Waals surface area contributed by atoms with Gasteiger partial charge < -0.3 is 5.32 Å². The summed E-state index contributed by atoms with van der Waals surface area (Å²) in [4.78, 5) is 0. The van der Waals surface area contributed by atoms with Crippen LogP contribution in [0, 0.1) is 5.82 Å². The summed E-state index contributed by atoms with van der Waals surface area (Å²) >= 11 is 0. The monoisotopic (exact) mass is 283 g/mol. The summed E-state index contributed by atoms with van der Waals surface area (Å²) < 4.78 is 52.4. The Bertz CT molecular complexity index is 605. The van der Waals surface area contributed by atoms with Crippen molar-refractivity contribution in [1.82, 2.24) is 5.32 Å². The molecule has 0 aliphatic rings. The molecule has 0 spiro atoms. The lowest BCUT2D eigenvalue weighted by Crippen LogP contribution is -2.10. The predicted octanol–water partition coefficient (Wildman–Crippen LogP) is 4.23. The largest absolute Gasteiger partial charge is 0.417 e. The average Bonchev–Trinajstić information content (AvgIpc) is 2.38. The highest BCUT2D eigenvalue weighted by atomic mass is 19.4. The minimum Gasteiger partial charge on any atom is -0.316 e. The van der Waals surface area contributed by atoms with Gasteiger partial charge in [-0.2, -0.15) is 13.2 Å². The van der Waals surface area contributed by atoms with Crippen molar-refractivity contribution >= 4 is 0 Å². The highest BCUT2D eigenvalue weighted by Crippen LogP contribution is 2.38. The summed E-state index contributed by atoms with van der Waals surface area (Å²) in [5.74, 6) is -0.469. The average molecular weight is 283 g/mol. The molecule has 0 aliphatic heterocycles. The van der Waals surface area contributed by atoms with Crippen molar-refractivity contribution in [1.29, 1.82) is 0 Å². The fourth-order valence-corrected chi connectivity index (χ4v) is 2.13. The molecule has 1 N–H and O–H groups in total. The Labute approximate surface area is 114 Å². The molecule has 0 atom stereocenters. The van der Waals surface area contributed by atoms with E-state index in [0.717, 1.165) is 6.07 Å². The summed E-state index contributed by atoms with van der Waals surface area (Å²) in [7, 11) is 1.66. The zero-order valence-electron chi connectivity index (χ0n) is 10.8. The summed E-state index contributed by atoms with van der Waals surface area (Å²) in [6, 6.07) is 9.11. The third-order valence-corrected chi connectivity index (χ3v) is 2.96. The van der Waals surface area contributed by atoms with Crippen LogP contribution in [-0.4, -0.2) is 7.05 Å². The number of benzene rings is 2. The molecule has 1 nitrogen and oxygen atoms in total. The van der Waals surface area contributed by atoms with Crippen LogP contribution in [0.1, 0.15) is 11.1 Å². The first-order valence-corrected chi connectivity index (χ1v) is 6.03. The quantitative estimate of drug-likeness (QED) is 0.831. The second-order valence-electron chi connectivity index (χ2n) is 4.38. The third kappa shape index (κ3) is 2.99. The summed E-state index contributed by atoms with van der Waals surface area (Å²) in [5.41, 5.74) is 0.215. The van der Waals surface area contributed by atoms with Crippen molar-refractivity contribution < 1.29 is 17.6 Å². The Hall–Kier alpha value is -1.88. The standard InChI is InChI=1S/C15H13F4N/c1-20-9-10-8-11(16)6-7-12(10)13-4-2-3-5-14(13)15(17,18)19/h2-8,20H,9H2,1H3. The van der Waals surface area contributed by atoms with Crippen molar-refractivity contribution in [2.24, 2.45) is 0 Å². The molecule has 0 aliphatic carbocycles. The molecular weight excluding hydrogens is 270 g/mol. The van der Waals surface area contributed by atoms with Crippen LogP contribution >= 0.6 is 0 Å². The number of nitrogens with one attached hydrogen (secondary N) is 1. The van der Waals surface area contributed by atoms with E-state index >= 15 is 0 Å². The first-order chi connectivity index (χ1) is 9.43. The smallest absolute Gasteiger partial charge is 0.316 e. The van der Waals surface area contributed by atoms with Gasteiger partial charge in [-0.1, -0.05) is 24.3 Å². The first kappa shape index (κ1) is 14.5. The van der Waals surface area contributed by atoms with Gasteiger partial charge in [-0.3, -0.25) is 0 Å². The lowest BCUT2D eigenvalue weighted by atomic mass is 9.95. The maximum Gasteiger partial charge on any atom is 0.417 e. The van der Waals surface area contributed by atoms with Crippen LogP contribution in [0.2, 0.25) is 0 Å². The van der Waals surface area contributed by atoms with Crippen molar-refractivity contribution in [3.8, 4) is 11.1 Å². The van der Waals surface area contributed by atoms with Crippen LogP contribution in [-0.2, 0) is 12.7 Å². The molecule has 106 valence electrons. The van der Waals surface area contributed by atoms with E-state index in [1.165, 1.54) is 36.4 Å². The van der Waals surface area contributed by atoms with Gasteiger partial charge >= 0.3 is 6.18 Å². The summed E-state index contributed by atoms with van der Waals surface area (Å²) in [6.07, 6.45) is -4.44. The van der Waals surface area contributed by atoms with Crippen molar-refractivity contribution in [2.75, 3.05) is 7.05 Å². The molecule has 2 aromatic carbocycles. The Morgan fingerprint density at radius 2 is 1.70 bits per heavy atom. The molecule has 0 saturated carbocycles.